The van der Waals surface area contributed by atoms with Crippen molar-refractivity contribution in [1.29, 1.82) is 0 Å². The number of nitrogens with one attached hydrogen (secondary N) is 2. The van der Waals surface area contributed by atoms with E-state index < -0.39 is 0 Å². The predicted octanol–water partition coefficient (Wildman–Crippen LogP) is 7.79. The summed E-state index contributed by atoms with van der Waals surface area (Å²) in [6, 6.07) is 0.759. The molecule has 216 valence electrons. The first kappa shape index (κ1) is 28.5. The van der Waals surface area contributed by atoms with Gasteiger partial charge < -0.3 is 15.5 Å². The summed E-state index contributed by atoms with van der Waals surface area (Å²) in [7, 11) is 0. The van der Waals surface area contributed by atoms with Crippen LogP contribution < -0.4 is 10.6 Å². The van der Waals surface area contributed by atoms with Gasteiger partial charge in [0.25, 0.3) is 0 Å². The molecule has 0 aromatic rings. The monoisotopic (exact) mass is 525 g/mol. The molecule has 2 amide bonds. The van der Waals surface area contributed by atoms with Crippen molar-refractivity contribution >= 4 is 6.03 Å². The standard InChI is InChI=1S/C34H59N3O/c1-7-35-31-22-34(6)25(21-30(31)36-32(38)37-19-8-9-20-37)13-14-26-28-16-15-27(24(4)12-10-11-23(2)3)33(28,5)18-17-29(26)34/h13,23-24,26-31,35H,7-12,14-22H2,1-6H3,(H,36,38)/t24-,26?,27-,28?,29?,30-,31?,33-,34+/m1/s1. The number of urea groups is 1. The second kappa shape index (κ2) is 11.5. The second-order valence-corrected chi connectivity index (χ2v) is 15.1. The predicted molar refractivity (Wildman–Crippen MR) is 159 cm³/mol. The van der Waals surface area contributed by atoms with Gasteiger partial charge in [0.1, 0.15) is 0 Å². The van der Waals surface area contributed by atoms with Crippen molar-refractivity contribution in [3.63, 3.8) is 0 Å². The number of fused-ring (bicyclic) bond motifs is 5. The maximum atomic E-state index is 13.0. The largest absolute Gasteiger partial charge is 0.333 e. The van der Waals surface area contributed by atoms with E-state index in [4.69, 9.17) is 0 Å². The Bertz CT molecular complexity index is 862. The van der Waals surface area contributed by atoms with E-state index in [2.05, 4.69) is 58.3 Å². The van der Waals surface area contributed by atoms with Crippen molar-refractivity contribution in [1.82, 2.24) is 15.5 Å². The number of likely N-dealkylation sites (N-methyl/N-ethyl adjacent to an activating group) is 1. The van der Waals surface area contributed by atoms with Gasteiger partial charge in [0.15, 0.2) is 0 Å². The van der Waals surface area contributed by atoms with Crippen LogP contribution in [0, 0.1) is 46.3 Å². The topological polar surface area (TPSA) is 44.4 Å². The minimum atomic E-state index is 0.168. The van der Waals surface area contributed by atoms with E-state index in [0.29, 0.717) is 11.5 Å². The summed E-state index contributed by atoms with van der Waals surface area (Å²) in [5.74, 6) is 5.20. The van der Waals surface area contributed by atoms with Crippen LogP contribution in [-0.2, 0) is 0 Å². The number of hydrogen-bond acceptors (Lipinski definition) is 2. The highest BCUT2D eigenvalue weighted by atomic mass is 16.2. The third-order valence-electron chi connectivity index (χ3n) is 12.6. The average molecular weight is 526 g/mol. The van der Waals surface area contributed by atoms with Crippen LogP contribution in [0.4, 0.5) is 4.79 Å². The molecule has 0 aromatic carbocycles. The molecule has 38 heavy (non-hydrogen) atoms. The van der Waals surface area contributed by atoms with Gasteiger partial charge >= 0.3 is 6.03 Å². The van der Waals surface area contributed by atoms with Crippen molar-refractivity contribution in [2.75, 3.05) is 19.6 Å². The zero-order chi connectivity index (χ0) is 27.1. The first-order valence-corrected chi connectivity index (χ1v) is 16.7. The second-order valence-electron chi connectivity index (χ2n) is 15.1. The van der Waals surface area contributed by atoms with E-state index >= 15 is 0 Å². The number of likely N-dealkylation sites (tertiary alicyclic amines) is 1. The van der Waals surface area contributed by atoms with E-state index in [1.54, 1.807) is 5.57 Å². The minimum absolute atomic E-state index is 0.168. The van der Waals surface area contributed by atoms with Crippen LogP contribution in [0.5, 0.6) is 0 Å². The average Bonchev–Trinajstić information content (AvgIpc) is 3.52. The lowest BCUT2D eigenvalue weighted by Gasteiger charge is -2.59. The van der Waals surface area contributed by atoms with E-state index in [1.807, 2.05) is 4.90 Å². The molecular formula is C34H59N3O. The molecule has 1 saturated heterocycles. The summed E-state index contributed by atoms with van der Waals surface area (Å²) in [4.78, 5) is 15.1. The Kier molecular flexibility index (Phi) is 8.59. The summed E-state index contributed by atoms with van der Waals surface area (Å²) >= 11 is 0. The lowest BCUT2D eigenvalue weighted by molar-refractivity contribution is -0.0545. The highest BCUT2D eigenvalue weighted by Crippen LogP contribution is 2.67. The molecule has 0 bridgehead atoms. The molecule has 0 spiro atoms. The zero-order valence-electron chi connectivity index (χ0n) is 25.7. The van der Waals surface area contributed by atoms with E-state index in [-0.39, 0.29) is 17.5 Å². The number of carbonyl (C=O) groups is 1. The molecule has 0 aromatic heterocycles. The van der Waals surface area contributed by atoms with Gasteiger partial charge in [-0.1, -0.05) is 72.5 Å². The number of hydrogen-bond donors (Lipinski definition) is 2. The highest BCUT2D eigenvalue weighted by molar-refractivity contribution is 5.75. The van der Waals surface area contributed by atoms with Crippen LogP contribution in [0.3, 0.4) is 0 Å². The van der Waals surface area contributed by atoms with Gasteiger partial charge in [0.05, 0.1) is 0 Å². The van der Waals surface area contributed by atoms with Gasteiger partial charge in [0.2, 0.25) is 0 Å². The van der Waals surface area contributed by atoms with Crippen LogP contribution in [0.1, 0.15) is 119 Å². The van der Waals surface area contributed by atoms with Gasteiger partial charge in [-0.25, -0.2) is 4.79 Å². The van der Waals surface area contributed by atoms with Gasteiger partial charge in [-0.05, 0) is 111 Å². The summed E-state index contributed by atoms with van der Waals surface area (Å²) in [6.07, 6.45) is 18.5. The lowest BCUT2D eigenvalue weighted by Crippen LogP contribution is -2.60. The van der Waals surface area contributed by atoms with E-state index in [9.17, 15) is 4.79 Å². The van der Waals surface area contributed by atoms with Crippen molar-refractivity contribution in [3.8, 4) is 0 Å². The molecule has 5 rings (SSSR count). The minimum Gasteiger partial charge on any atom is -0.333 e. The number of nitrogens with zero attached hydrogens (tertiary/aromatic N) is 1. The van der Waals surface area contributed by atoms with Crippen LogP contribution in [-0.4, -0.2) is 42.6 Å². The van der Waals surface area contributed by atoms with Gasteiger partial charge in [-0.3, -0.25) is 0 Å². The molecular weight excluding hydrogens is 466 g/mol. The van der Waals surface area contributed by atoms with Gasteiger partial charge in [-0.15, -0.1) is 0 Å². The summed E-state index contributed by atoms with van der Waals surface area (Å²) in [6.45, 7) is 17.7. The summed E-state index contributed by atoms with van der Waals surface area (Å²) < 4.78 is 0. The molecule has 2 N–H and O–H groups in total. The molecule has 1 aliphatic heterocycles. The third-order valence-corrected chi connectivity index (χ3v) is 12.6. The Morgan fingerprint density at radius 3 is 2.53 bits per heavy atom. The normalized spacial score (nSPS) is 41.3. The Hall–Kier alpha value is -1.03. The molecule has 4 nitrogen and oxygen atoms in total. The molecule has 0 radical (unpaired) electrons. The number of carbonyl (C=O) groups excluding carboxylic acids is 1. The van der Waals surface area contributed by atoms with Crippen molar-refractivity contribution in [3.05, 3.63) is 11.6 Å². The van der Waals surface area contributed by atoms with Crippen molar-refractivity contribution in [2.45, 2.75) is 131 Å². The fraction of sp³-hybridized carbons (Fsp3) is 0.912. The van der Waals surface area contributed by atoms with Crippen LogP contribution in [0.25, 0.3) is 0 Å². The lowest BCUT2D eigenvalue weighted by atomic mass is 9.46. The molecule has 4 fully saturated rings. The molecule has 4 heteroatoms. The van der Waals surface area contributed by atoms with Gasteiger partial charge in [0, 0.05) is 25.2 Å². The maximum Gasteiger partial charge on any atom is 0.317 e. The Morgan fingerprint density at radius 1 is 1.05 bits per heavy atom. The zero-order valence-corrected chi connectivity index (χ0v) is 25.7. The molecule has 9 atom stereocenters. The fourth-order valence-electron chi connectivity index (χ4n) is 10.6. The number of amides is 2. The number of rotatable bonds is 8. The smallest absolute Gasteiger partial charge is 0.317 e. The SMILES string of the molecule is CCNC1C[C@@]2(C)C(=CCC3C2CC[C@@]2(C)C3CC[C@@H]2[C@H](C)CCCC(C)C)C[C@H]1NC(=O)N1CCCC1. The summed E-state index contributed by atoms with van der Waals surface area (Å²) in [5.41, 5.74) is 2.49. The van der Waals surface area contributed by atoms with Crippen LogP contribution >= 0.6 is 0 Å². The van der Waals surface area contributed by atoms with E-state index in [0.717, 1.165) is 74.4 Å². The Balaban J connectivity index is 1.30. The van der Waals surface area contributed by atoms with E-state index in [1.165, 1.54) is 57.8 Å². The van der Waals surface area contributed by atoms with Crippen molar-refractivity contribution in [2.24, 2.45) is 46.3 Å². The van der Waals surface area contributed by atoms with Gasteiger partial charge in [-0.2, -0.15) is 0 Å². The van der Waals surface area contributed by atoms with Crippen LogP contribution in [0.2, 0.25) is 0 Å². The molecule has 3 saturated carbocycles. The maximum absolute atomic E-state index is 13.0. The number of allylic oxidation sites excluding steroid dienone is 1. The molecule has 4 unspecified atom stereocenters. The highest BCUT2D eigenvalue weighted by Gasteiger charge is 2.60. The molecule has 5 aliphatic rings. The fourth-order valence-corrected chi connectivity index (χ4v) is 10.6. The van der Waals surface area contributed by atoms with Crippen molar-refractivity contribution < 1.29 is 4.79 Å². The molecule has 4 aliphatic carbocycles. The first-order valence-electron chi connectivity index (χ1n) is 16.7. The molecule has 1 heterocycles. The third kappa shape index (κ3) is 5.21. The Labute approximate surface area is 234 Å². The van der Waals surface area contributed by atoms with Crippen LogP contribution in [0.15, 0.2) is 11.6 Å². The quantitative estimate of drug-likeness (QED) is 0.318. The first-order chi connectivity index (χ1) is 18.2. The summed E-state index contributed by atoms with van der Waals surface area (Å²) in [5, 5.41) is 7.31. The Morgan fingerprint density at radius 2 is 1.82 bits per heavy atom.